The van der Waals surface area contributed by atoms with Gasteiger partial charge in [0.1, 0.15) is 6.54 Å². The van der Waals surface area contributed by atoms with Gasteiger partial charge in [0.25, 0.3) is 0 Å². The first-order chi connectivity index (χ1) is 12.7. The molecule has 0 radical (unpaired) electrons. The summed E-state index contributed by atoms with van der Waals surface area (Å²) in [4.78, 5) is 26.7. The van der Waals surface area contributed by atoms with Gasteiger partial charge in [0.15, 0.2) is 0 Å². The molecule has 2 aliphatic rings. The van der Waals surface area contributed by atoms with Crippen LogP contribution in [0, 0.1) is 0 Å². The molecule has 1 fully saturated rings. The third-order valence-corrected chi connectivity index (χ3v) is 4.85. The van der Waals surface area contributed by atoms with Crippen LogP contribution in [0.1, 0.15) is 37.7 Å². The minimum absolute atomic E-state index is 0.0344. The molecule has 0 unspecified atom stereocenters. The number of carbonyl (C=O) groups excluding carboxylic acids is 2. The van der Waals surface area contributed by atoms with Gasteiger partial charge < -0.3 is 10.2 Å². The van der Waals surface area contributed by atoms with Crippen LogP contribution < -0.4 is 10.7 Å². The molecule has 1 aromatic rings. The van der Waals surface area contributed by atoms with Crippen molar-refractivity contribution in [3.63, 3.8) is 0 Å². The SMILES string of the molecule is O=C(CN1NC(c2ccccc2)=CCC1=O)NCCCN1CCCCC1. The highest BCUT2D eigenvalue weighted by molar-refractivity contribution is 5.88. The van der Waals surface area contributed by atoms with Crippen LogP contribution in [0.25, 0.3) is 5.70 Å². The summed E-state index contributed by atoms with van der Waals surface area (Å²) >= 11 is 0. The Hall–Kier alpha value is -2.34. The highest BCUT2D eigenvalue weighted by atomic mass is 16.2. The zero-order valence-electron chi connectivity index (χ0n) is 15.2. The molecule has 0 saturated carbocycles. The summed E-state index contributed by atoms with van der Waals surface area (Å²) < 4.78 is 0. The fourth-order valence-electron chi connectivity index (χ4n) is 3.39. The molecule has 6 heteroatoms. The fraction of sp³-hybridized carbons (Fsp3) is 0.500. The van der Waals surface area contributed by atoms with Gasteiger partial charge in [-0.1, -0.05) is 36.8 Å². The monoisotopic (exact) mass is 356 g/mol. The number of piperidine rings is 1. The van der Waals surface area contributed by atoms with Crippen molar-refractivity contribution < 1.29 is 9.59 Å². The molecule has 2 heterocycles. The zero-order chi connectivity index (χ0) is 18.2. The van der Waals surface area contributed by atoms with Crippen molar-refractivity contribution in [1.29, 1.82) is 0 Å². The lowest BCUT2D eigenvalue weighted by Crippen LogP contribution is -2.49. The number of hydrogen-bond acceptors (Lipinski definition) is 4. The van der Waals surface area contributed by atoms with E-state index in [0.717, 1.165) is 24.2 Å². The number of carbonyl (C=O) groups is 2. The summed E-state index contributed by atoms with van der Waals surface area (Å²) in [5.41, 5.74) is 4.94. The Morgan fingerprint density at radius 1 is 1.12 bits per heavy atom. The van der Waals surface area contributed by atoms with Crippen LogP contribution in [0.2, 0.25) is 0 Å². The molecular formula is C20H28N4O2. The second-order valence-corrected chi connectivity index (χ2v) is 6.89. The van der Waals surface area contributed by atoms with E-state index in [4.69, 9.17) is 0 Å². The molecule has 0 aliphatic carbocycles. The van der Waals surface area contributed by atoms with Gasteiger partial charge in [0.2, 0.25) is 11.8 Å². The van der Waals surface area contributed by atoms with Gasteiger partial charge in [0.05, 0.1) is 5.70 Å². The number of rotatable bonds is 7. The van der Waals surface area contributed by atoms with E-state index in [1.54, 1.807) is 0 Å². The Balaban J connectivity index is 1.40. The molecule has 0 aromatic heterocycles. The van der Waals surface area contributed by atoms with E-state index in [-0.39, 0.29) is 18.4 Å². The van der Waals surface area contributed by atoms with Crippen molar-refractivity contribution >= 4 is 17.5 Å². The predicted molar refractivity (Wildman–Crippen MR) is 102 cm³/mol. The molecule has 1 aromatic carbocycles. The first-order valence-corrected chi connectivity index (χ1v) is 9.54. The molecule has 0 bridgehead atoms. The van der Waals surface area contributed by atoms with Gasteiger partial charge in [-0.3, -0.25) is 15.0 Å². The number of amides is 2. The van der Waals surface area contributed by atoms with Crippen LogP contribution in [0.3, 0.4) is 0 Å². The molecule has 140 valence electrons. The Morgan fingerprint density at radius 2 is 1.88 bits per heavy atom. The smallest absolute Gasteiger partial charge is 0.245 e. The average Bonchev–Trinajstić information content (AvgIpc) is 2.68. The van der Waals surface area contributed by atoms with Gasteiger partial charge in [-0.05, 0) is 50.5 Å². The fourth-order valence-corrected chi connectivity index (χ4v) is 3.39. The summed E-state index contributed by atoms with van der Waals surface area (Å²) in [7, 11) is 0. The molecule has 6 nitrogen and oxygen atoms in total. The van der Waals surface area contributed by atoms with E-state index >= 15 is 0 Å². The van der Waals surface area contributed by atoms with E-state index in [2.05, 4.69) is 15.6 Å². The van der Waals surface area contributed by atoms with E-state index in [1.165, 1.54) is 37.4 Å². The number of nitrogens with one attached hydrogen (secondary N) is 2. The number of likely N-dealkylation sites (tertiary alicyclic amines) is 1. The van der Waals surface area contributed by atoms with Crippen LogP contribution >= 0.6 is 0 Å². The lowest BCUT2D eigenvalue weighted by atomic mass is 10.1. The van der Waals surface area contributed by atoms with E-state index in [0.29, 0.717) is 13.0 Å². The van der Waals surface area contributed by atoms with E-state index < -0.39 is 0 Å². The van der Waals surface area contributed by atoms with Gasteiger partial charge in [-0.25, -0.2) is 5.01 Å². The van der Waals surface area contributed by atoms with E-state index in [1.807, 2.05) is 36.4 Å². The highest BCUT2D eigenvalue weighted by Crippen LogP contribution is 2.16. The van der Waals surface area contributed by atoms with Crippen LogP contribution in [0.5, 0.6) is 0 Å². The highest BCUT2D eigenvalue weighted by Gasteiger charge is 2.21. The van der Waals surface area contributed by atoms with Crippen LogP contribution in [-0.4, -0.2) is 54.4 Å². The summed E-state index contributed by atoms with van der Waals surface area (Å²) in [5, 5.41) is 4.33. The van der Waals surface area contributed by atoms with Crippen LogP contribution in [0.4, 0.5) is 0 Å². The van der Waals surface area contributed by atoms with E-state index in [9.17, 15) is 9.59 Å². The van der Waals surface area contributed by atoms with Crippen molar-refractivity contribution in [3.8, 4) is 0 Å². The number of hydrogen-bond donors (Lipinski definition) is 2. The molecular weight excluding hydrogens is 328 g/mol. The largest absolute Gasteiger partial charge is 0.354 e. The average molecular weight is 356 g/mol. The third-order valence-electron chi connectivity index (χ3n) is 4.85. The van der Waals surface area contributed by atoms with Gasteiger partial charge in [-0.2, -0.15) is 0 Å². The van der Waals surface area contributed by atoms with Gasteiger partial charge in [0, 0.05) is 13.0 Å². The minimum atomic E-state index is -0.126. The maximum Gasteiger partial charge on any atom is 0.245 e. The van der Waals surface area contributed by atoms with Crippen molar-refractivity contribution in [3.05, 3.63) is 42.0 Å². The topological polar surface area (TPSA) is 64.7 Å². The molecule has 0 atom stereocenters. The lowest BCUT2D eigenvalue weighted by Gasteiger charge is -2.29. The Morgan fingerprint density at radius 3 is 2.65 bits per heavy atom. The van der Waals surface area contributed by atoms with Crippen LogP contribution in [-0.2, 0) is 9.59 Å². The Kier molecular flexibility index (Phi) is 6.66. The normalized spacial score (nSPS) is 18.2. The molecule has 1 saturated heterocycles. The second kappa shape index (κ2) is 9.38. The van der Waals surface area contributed by atoms with Crippen molar-refractivity contribution in [2.75, 3.05) is 32.7 Å². The Labute approximate surface area is 155 Å². The number of nitrogens with zero attached hydrogens (tertiary/aromatic N) is 2. The summed E-state index contributed by atoms with van der Waals surface area (Å²) in [6, 6.07) is 9.81. The Bertz CT molecular complexity index is 638. The molecule has 0 spiro atoms. The summed E-state index contributed by atoms with van der Waals surface area (Å²) in [6.45, 7) is 4.07. The summed E-state index contributed by atoms with van der Waals surface area (Å²) in [5.74, 6) is -0.216. The maximum absolute atomic E-state index is 12.2. The molecule has 26 heavy (non-hydrogen) atoms. The molecule has 2 N–H and O–H groups in total. The first-order valence-electron chi connectivity index (χ1n) is 9.54. The van der Waals surface area contributed by atoms with Crippen molar-refractivity contribution in [1.82, 2.24) is 20.7 Å². The third kappa shape index (κ3) is 5.33. The van der Waals surface area contributed by atoms with Crippen LogP contribution in [0.15, 0.2) is 36.4 Å². The lowest BCUT2D eigenvalue weighted by molar-refractivity contribution is -0.137. The minimum Gasteiger partial charge on any atom is -0.354 e. The zero-order valence-corrected chi connectivity index (χ0v) is 15.2. The van der Waals surface area contributed by atoms with Crippen molar-refractivity contribution in [2.45, 2.75) is 32.1 Å². The summed E-state index contributed by atoms with van der Waals surface area (Å²) in [6.07, 6.45) is 7.02. The maximum atomic E-state index is 12.2. The second-order valence-electron chi connectivity index (χ2n) is 6.89. The molecule has 2 aliphatic heterocycles. The number of benzene rings is 1. The van der Waals surface area contributed by atoms with Gasteiger partial charge in [-0.15, -0.1) is 0 Å². The molecule has 2 amide bonds. The van der Waals surface area contributed by atoms with Crippen molar-refractivity contribution in [2.24, 2.45) is 0 Å². The predicted octanol–water partition coefficient (Wildman–Crippen LogP) is 1.76. The number of hydrazine groups is 1. The quantitative estimate of drug-likeness (QED) is 0.731. The first kappa shape index (κ1) is 18.5. The molecule has 3 rings (SSSR count). The standard InChI is InChI=1S/C20H28N4O2/c25-19(21-12-7-15-23-13-5-2-6-14-23)16-24-20(26)11-10-18(22-24)17-8-3-1-4-9-17/h1,3-4,8-10,22H,2,5-7,11-16H2,(H,21,25). The van der Waals surface area contributed by atoms with Gasteiger partial charge >= 0.3 is 0 Å².